The Kier molecular flexibility index (Phi) is 5.21. The van der Waals surface area contributed by atoms with Crippen LogP contribution in [0.5, 0.6) is 0 Å². The van der Waals surface area contributed by atoms with E-state index < -0.39 is 27.8 Å². The van der Waals surface area contributed by atoms with Crippen LogP contribution in [0.4, 0.5) is 4.79 Å². The lowest BCUT2D eigenvalue weighted by molar-refractivity contribution is 0.0507. The predicted molar refractivity (Wildman–Crippen MR) is 77.9 cm³/mol. The van der Waals surface area contributed by atoms with Gasteiger partial charge in [-0.15, -0.1) is 0 Å². The molecule has 1 fully saturated rings. The summed E-state index contributed by atoms with van der Waals surface area (Å²) in [5, 5.41) is 2.67. The summed E-state index contributed by atoms with van der Waals surface area (Å²) in [4.78, 5) is 11.8. The van der Waals surface area contributed by atoms with Gasteiger partial charge in [0.2, 0.25) is 10.0 Å². The second-order valence-electron chi connectivity index (χ2n) is 6.07. The highest BCUT2D eigenvalue weighted by atomic mass is 32.2. The van der Waals surface area contributed by atoms with Gasteiger partial charge in [0.1, 0.15) is 5.60 Å². The second kappa shape index (κ2) is 6.13. The third-order valence-corrected chi connectivity index (χ3v) is 4.80. The van der Waals surface area contributed by atoms with Crippen LogP contribution in [-0.2, 0) is 14.8 Å². The number of carbonyl (C=O) groups excluding carboxylic acids is 1. The van der Waals surface area contributed by atoms with E-state index in [2.05, 4.69) is 11.9 Å². The van der Waals surface area contributed by atoms with Crippen molar-refractivity contribution in [2.75, 3.05) is 18.8 Å². The van der Waals surface area contributed by atoms with Crippen LogP contribution < -0.4 is 5.32 Å². The minimum Gasteiger partial charge on any atom is -0.444 e. The molecule has 1 heterocycles. The molecule has 1 N–H and O–H groups in total. The van der Waals surface area contributed by atoms with Crippen molar-refractivity contribution in [2.24, 2.45) is 0 Å². The van der Waals surface area contributed by atoms with E-state index >= 15 is 0 Å². The highest BCUT2D eigenvalue weighted by molar-refractivity contribution is 7.89. The Labute approximate surface area is 121 Å². The average molecular weight is 304 g/mol. The second-order valence-corrected chi connectivity index (χ2v) is 8.16. The van der Waals surface area contributed by atoms with Crippen molar-refractivity contribution in [3.63, 3.8) is 0 Å². The van der Waals surface area contributed by atoms with Gasteiger partial charge in [0.25, 0.3) is 0 Å². The van der Waals surface area contributed by atoms with Crippen molar-refractivity contribution in [3.8, 4) is 0 Å². The fourth-order valence-electron chi connectivity index (χ4n) is 1.87. The SMILES string of the molecule is C=C(C)[C@@H](CN1CCCS1(=O)=O)NC(=O)OC(C)(C)C. The molecule has 0 bridgehead atoms. The van der Waals surface area contributed by atoms with Crippen molar-refractivity contribution in [1.29, 1.82) is 0 Å². The Bertz CT molecular complexity index is 479. The molecule has 0 aromatic rings. The van der Waals surface area contributed by atoms with Crippen LogP contribution in [0.15, 0.2) is 12.2 Å². The number of ether oxygens (including phenoxy) is 1. The first-order valence-corrected chi connectivity index (χ1v) is 8.25. The lowest BCUT2D eigenvalue weighted by Gasteiger charge is -2.26. The Balaban J connectivity index is 2.66. The largest absolute Gasteiger partial charge is 0.444 e. The zero-order valence-electron chi connectivity index (χ0n) is 12.6. The molecule has 1 aliphatic rings. The third-order valence-electron chi connectivity index (χ3n) is 2.88. The molecule has 0 aromatic heterocycles. The number of carbonyl (C=O) groups is 1. The summed E-state index contributed by atoms with van der Waals surface area (Å²) < 4.78 is 30.1. The Morgan fingerprint density at radius 3 is 2.45 bits per heavy atom. The monoisotopic (exact) mass is 304 g/mol. The first-order valence-electron chi connectivity index (χ1n) is 6.64. The van der Waals surface area contributed by atoms with Crippen molar-refractivity contribution in [1.82, 2.24) is 9.62 Å². The fourth-order valence-corrected chi connectivity index (χ4v) is 3.41. The molecule has 0 radical (unpaired) electrons. The van der Waals surface area contributed by atoms with Crippen LogP contribution in [0.3, 0.4) is 0 Å². The van der Waals surface area contributed by atoms with Crippen LogP contribution in [0.25, 0.3) is 0 Å². The number of rotatable bonds is 4. The third kappa shape index (κ3) is 5.13. The molecule has 1 saturated heterocycles. The van der Waals surface area contributed by atoms with Crippen LogP contribution in [0.1, 0.15) is 34.1 Å². The Morgan fingerprint density at radius 1 is 1.45 bits per heavy atom. The Morgan fingerprint density at radius 2 is 2.05 bits per heavy atom. The Hall–Kier alpha value is -1.08. The quantitative estimate of drug-likeness (QED) is 0.798. The van der Waals surface area contributed by atoms with Crippen LogP contribution in [-0.4, -0.2) is 49.3 Å². The molecule has 116 valence electrons. The maximum atomic E-state index is 11.8. The van der Waals surface area contributed by atoms with Gasteiger partial charge in [-0.05, 0) is 34.1 Å². The number of nitrogens with zero attached hydrogens (tertiary/aromatic N) is 1. The molecule has 7 heteroatoms. The van der Waals surface area contributed by atoms with Gasteiger partial charge in [0, 0.05) is 13.1 Å². The minimum absolute atomic E-state index is 0.169. The molecular weight excluding hydrogens is 280 g/mol. The van der Waals surface area contributed by atoms with Gasteiger partial charge in [0.15, 0.2) is 0 Å². The van der Waals surface area contributed by atoms with Crippen molar-refractivity contribution < 1.29 is 17.9 Å². The number of hydrogen-bond donors (Lipinski definition) is 1. The van der Waals surface area contributed by atoms with Crippen molar-refractivity contribution in [2.45, 2.75) is 45.8 Å². The number of hydrogen-bond acceptors (Lipinski definition) is 4. The summed E-state index contributed by atoms with van der Waals surface area (Å²) in [6, 6.07) is -0.447. The maximum Gasteiger partial charge on any atom is 0.408 e. The van der Waals surface area contributed by atoms with Crippen molar-refractivity contribution in [3.05, 3.63) is 12.2 Å². The molecule has 1 amide bonds. The van der Waals surface area contributed by atoms with E-state index in [0.29, 0.717) is 18.5 Å². The van der Waals surface area contributed by atoms with Gasteiger partial charge in [-0.25, -0.2) is 13.2 Å². The predicted octanol–water partition coefficient (Wildman–Crippen LogP) is 1.49. The molecule has 0 aromatic carbocycles. The molecular formula is C13H24N2O4S. The number of alkyl carbamates (subject to hydrolysis) is 1. The van der Waals surface area contributed by atoms with Crippen molar-refractivity contribution >= 4 is 16.1 Å². The van der Waals surface area contributed by atoms with Crippen LogP contribution in [0.2, 0.25) is 0 Å². The van der Waals surface area contributed by atoms with E-state index in [9.17, 15) is 13.2 Å². The molecule has 1 atom stereocenters. The van der Waals surface area contributed by atoms with Gasteiger partial charge in [-0.1, -0.05) is 12.2 Å². The standard InChI is InChI=1S/C13H24N2O4S/c1-10(2)11(14-12(16)19-13(3,4)5)9-15-7-6-8-20(15,17)18/h11H,1,6-9H2,2-5H3,(H,14,16)/t11-/m1/s1. The van der Waals surface area contributed by atoms with E-state index in [1.165, 1.54) is 4.31 Å². The normalized spacial score (nSPS) is 20.4. The van der Waals surface area contributed by atoms with Crippen LogP contribution >= 0.6 is 0 Å². The average Bonchev–Trinajstić information content (AvgIpc) is 2.54. The summed E-state index contributed by atoms with van der Waals surface area (Å²) in [6.07, 6.45) is 0.0552. The van der Waals surface area contributed by atoms with E-state index in [1.54, 1.807) is 27.7 Å². The first kappa shape index (κ1) is 17.0. The number of nitrogens with one attached hydrogen (secondary N) is 1. The first-order chi connectivity index (χ1) is 9.01. The number of amides is 1. The molecule has 6 nitrogen and oxygen atoms in total. The maximum absolute atomic E-state index is 11.8. The summed E-state index contributed by atoms with van der Waals surface area (Å²) in [6.45, 7) is 11.6. The summed E-state index contributed by atoms with van der Waals surface area (Å²) in [5.41, 5.74) is 0.0987. The number of sulfonamides is 1. The van der Waals surface area contributed by atoms with Gasteiger partial charge < -0.3 is 10.1 Å². The summed E-state index contributed by atoms with van der Waals surface area (Å²) >= 11 is 0. The summed E-state index contributed by atoms with van der Waals surface area (Å²) in [5.74, 6) is 0.169. The van der Waals surface area contributed by atoms with E-state index in [1.807, 2.05) is 0 Å². The smallest absolute Gasteiger partial charge is 0.408 e. The zero-order valence-corrected chi connectivity index (χ0v) is 13.4. The lowest BCUT2D eigenvalue weighted by atomic mass is 10.1. The van der Waals surface area contributed by atoms with E-state index in [4.69, 9.17) is 4.74 Å². The molecule has 0 unspecified atom stereocenters. The van der Waals surface area contributed by atoms with Gasteiger partial charge in [-0.2, -0.15) is 4.31 Å². The minimum atomic E-state index is -3.19. The zero-order chi connectivity index (χ0) is 15.6. The van der Waals surface area contributed by atoms with E-state index in [0.717, 1.165) is 0 Å². The molecule has 1 aliphatic heterocycles. The van der Waals surface area contributed by atoms with Gasteiger partial charge in [-0.3, -0.25) is 0 Å². The van der Waals surface area contributed by atoms with Gasteiger partial charge >= 0.3 is 6.09 Å². The highest BCUT2D eigenvalue weighted by Gasteiger charge is 2.31. The topological polar surface area (TPSA) is 75.7 Å². The molecule has 1 rings (SSSR count). The summed E-state index contributed by atoms with van der Waals surface area (Å²) in [7, 11) is -3.19. The fraction of sp³-hybridized carbons (Fsp3) is 0.769. The molecule has 0 saturated carbocycles. The van der Waals surface area contributed by atoms with Crippen LogP contribution in [0, 0.1) is 0 Å². The highest BCUT2D eigenvalue weighted by Crippen LogP contribution is 2.16. The van der Waals surface area contributed by atoms with Gasteiger partial charge in [0.05, 0.1) is 11.8 Å². The molecule has 20 heavy (non-hydrogen) atoms. The van der Waals surface area contributed by atoms with E-state index in [-0.39, 0.29) is 12.3 Å². The molecule has 0 aliphatic carbocycles. The lowest BCUT2D eigenvalue weighted by Crippen LogP contribution is -2.46. The molecule has 0 spiro atoms.